The lowest BCUT2D eigenvalue weighted by Gasteiger charge is -2.37. The molecule has 0 saturated carbocycles. The summed E-state index contributed by atoms with van der Waals surface area (Å²) < 4.78 is 0.685. The molecule has 62 valence electrons. The first-order chi connectivity index (χ1) is 5.04. The van der Waals surface area contributed by atoms with Crippen LogP contribution in [0.1, 0.15) is 39.5 Å². The van der Waals surface area contributed by atoms with Crippen LogP contribution in [0.4, 0.5) is 0 Å². The summed E-state index contributed by atoms with van der Waals surface area (Å²) in [6, 6.07) is 0. The van der Waals surface area contributed by atoms with Crippen molar-refractivity contribution in [3.63, 3.8) is 0 Å². The van der Waals surface area contributed by atoms with Crippen LogP contribution < -0.4 is 0 Å². The second kappa shape index (κ2) is 2.40. The highest BCUT2D eigenvalue weighted by Crippen LogP contribution is 2.58. The lowest BCUT2D eigenvalue weighted by molar-refractivity contribution is 0.440. The molecule has 3 atom stereocenters. The first-order valence-corrected chi connectivity index (χ1v) is 5.81. The van der Waals surface area contributed by atoms with E-state index in [4.69, 9.17) is 0 Å². The second-order valence-corrected chi connectivity index (χ2v) is 7.11. The van der Waals surface area contributed by atoms with Crippen molar-refractivity contribution in [1.82, 2.24) is 0 Å². The fourth-order valence-electron chi connectivity index (χ4n) is 2.85. The third-order valence-electron chi connectivity index (χ3n) is 3.93. The molecule has 0 radical (unpaired) electrons. The van der Waals surface area contributed by atoms with E-state index in [2.05, 4.69) is 36.4 Å². The summed E-state index contributed by atoms with van der Waals surface area (Å²) in [6.07, 6.45) is 5.92. The Morgan fingerprint density at radius 1 is 1.36 bits per heavy atom. The summed E-state index contributed by atoms with van der Waals surface area (Å²) in [4.78, 5) is 0. The zero-order chi connectivity index (χ0) is 8.11. The van der Waals surface area contributed by atoms with Crippen molar-refractivity contribution in [1.29, 1.82) is 0 Å². The van der Waals surface area contributed by atoms with Crippen LogP contribution in [0.5, 0.6) is 0 Å². The van der Waals surface area contributed by atoms with Gasteiger partial charge >= 0.3 is 0 Å². The standard InChI is InChI=1S/C9H16BI/c1-7-3-4-8(2)5-6-9(7,11)10-8/h7,10H,3-6H2,1-2H3/t7-,8+,9?/m1/s1. The number of hydrogen-bond donors (Lipinski definition) is 0. The zero-order valence-corrected chi connectivity index (χ0v) is 9.65. The normalized spacial score (nSPS) is 55.7. The van der Waals surface area contributed by atoms with E-state index in [1.54, 1.807) is 0 Å². The lowest BCUT2D eigenvalue weighted by Crippen LogP contribution is -2.39. The van der Waals surface area contributed by atoms with Crippen LogP contribution in [0, 0.1) is 5.92 Å². The summed E-state index contributed by atoms with van der Waals surface area (Å²) in [5.74, 6) is 0.971. The summed E-state index contributed by atoms with van der Waals surface area (Å²) in [5.41, 5.74) is 0. The number of fused-ring (bicyclic) bond motifs is 2. The highest BCUT2D eigenvalue weighted by atomic mass is 127. The molecule has 0 amide bonds. The number of halogens is 1. The van der Waals surface area contributed by atoms with Gasteiger partial charge in [0.05, 0.1) is 0 Å². The highest BCUT2D eigenvalue weighted by Gasteiger charge is 2.51. The average Bonchev–Trinajstić information content (AvgIpc) is 2.20. The van der Waals surface area contributed by atoms with Gasteiger partial charge in [-0.05, 0) is 15.7 Å². The molecule has 2 heteroatoms. The molecule has 2 bridgehead atoms. The maximum absolute atomic E-state index is 2.73. The first-order valence-electron chi connectivity index (χ1n) is 4.73. The van der Waals surface area contributed by atoms with E-state index in [0.717, 1.165) is 11.2 Å². The van der Waals surface area contributed by atoms with Crippen LogP contribution in [0.25, 0.3) is 0 Å². The number of rotatable bonds is 0. The molecule has 0 N–H and O–H groups in total. The van der Waals surface area contributed by atoms with Gasteiger partial charge in [0.1, 0.15) is 7.28 Å². The van der Waals surface area contributed by atoms with E-state index in [1.807, 2.05) is 0 Å². The Hall–Kier alpha value is 0.795. The van der Waals surface area contributed by atoms with Crippen molar-refractivity contribution in [2.75, 3.05) is 0 Å². The maximum atomic E-state index is 2.73. The molecule has 1 unspecified atom stereocenters. The minimum absolute atomic E-state index is 0.685. The molecule has 0 spiro atoms. The van der Waals surface area contributed by atoms with Gasteiger partial charge in [0.25, 0.3) is 0 Å². The zero-order valence-electron chi connectivity index (χ0n) is 7.49. The van der Waals surface area contributed by atoms with Gasteiger partial charge in [-0.25, -0.2) is 0 Å². The fourth-order valence-corrected chi connectivity index (χ4v) is 4.36. The van der Waals surface area contributed by atoms with Gasteiger partial charge in [-0.1, -0.05) is 61.0 Å². The van der Waals surface area contributed by atoms with Gasteiger partial charge in [0, 0.05) is 0 Å². The SMILES string of the molecule is C[C@@H]1CC[C@]2(C)BC1(I)CC2. The van der Waals surface area contributed by atoms with Crippen molar-refractivity contribution < 1.29 is 0 Å². The number of hydrogen-bond acceptors (Lipinski definition) is 0. The van der Waals surface area contributed by atoms with Crippen LogP contribution in [-0.2, 0) is 0 Å². The van der Waals surface area contributed by atoms with Gasteiger partial charge in [-0.3, -0.25) is 0 Å². The molecule has 2 fully saturated rings. The predicted octanol–water partition coefficient (Wildman–Crippen LogP) is 2.96. The third-order valence-corrected chi connectivity index (χ3v) is 5.91. The van der Waals surface area contributed by atoms with Gasteiger partial charge in [-0.15, -0.1) is 0 Å². The molecule has 0 aliphatic carbocycles. The van der Waals surface area contributed by atoms with E-state index >= 15 is 0 Å². The second-order valence-electron chi connectivity index (χ2n) is 4.96. The smallest absolute Gasteiger partial charge is 0.0880 e. The fraction of sp³-hybridized carbons (Fsp3) is 1.00. The Balaban J connectivity index is 2.23. The average molecular weight is 262 g/mol. The quantitative estimate of drug-likeness (QED) is 0.357. The van der Waals surface area contributed by atoms with Crippen molar-refractivity contribution in [3.8, 4) is 0 Å². The molecule has 2 aliphatic rings. The van der Waals surface area contributed by atoms with Crippen LogP contribution in [0.2, 0.25) is 5.31 Å². The van der Waals surface area contributed by atoms with E-state index < -0.39 is 0 Å². The van der Waals surface area contributed by atoms with E-state index in [-0.39, 0.29) is 0 Å². The van der Waals surface area contributed by atoms with Crippen LogP contribution in [-0.4, -0.2) is 10.6 Å². The van der Waals surface area contributed by atoms with E-state index in [1.165, 1.54) is 33.0 Å². The van der Waals surface area contributed by atoms with Crippen LogP contribution >= 0.6 is 22.6 Å². The van der Waals surface area contributed by atoms with E-state index in [9.17, 15) is 0 Å². The Morgan fingerprint density at radius 2 is 2.09 bits per heavy atom. The van der Waals surface area contributed by atoms with E-state index in [0.29, 0.717) is 3.32 Å². The largest absolute Gasteiger partial charge is 0.147 e. The molecule has 0 nitrogen and oxygen atoms in total. The maximum Gasteiger partial charge on any atom is 0.147 e. The van der Waals surface area contributed by atoms with Crippen molar-refractivity contribution >= 4 is 29.9 Å². The molecule has 2 saturated heterocycles. The predicted molar refractivity (Wildman–Crippen MR) is 59.9 cm³/mol. The molecule has 0 aromatic heterocycles. The minimum atomic E-state index is 0.685. The Bertz CT molecular complexity index is 178. The number of alkyl halides is 1. The lowest BCUT2D eigenvalue weighted by atomic mass is 9.44. The molecular weight excluding hydrogens is 246 g/mol. The molecule has 0 aromatic carbocycles. The van der Waals surface area contributed by atoms with Crippen LogP contribution in [0.15, 0.2) is 0 Å². The summed E-state index contributed by atoms with van der Waals surface area (Å²) in [7, 11) is 1.49. The molecule has 2 aliphatic heterocycles. The Labute approximate surface area is 83.9 Å². The summed E-state index contributed by atoms with van der Waals surface area (Å²) in [6.45, 7) is 4.93. The molecular formula is C9H16BI. The monoisotopic (exact) mass is 262 g/mol. The van der Waals surface area contributed by atoms with Crippen molar-refractivity contribution in [2.24, 2.45) is 5.92 Å². The Kier molecular flexibility index (Phi) is 1.83. The van der Waals surface area contributed by atoms with Gasteiger partial charge in [0.15, 0.2) is 0 Å². The molecule has 2 rings (SSSR count). The summed E-state index contributed by atoms with van der Waals surface area (Å²) >= 11 is 2.73. The van der Waals surface area contributed by atoms with Gasteiger partial charge in [0.2, 0.25) is 0 Å². The van der Waals surface area contributed by atoms with Crippen LogP contribution in [0.3, 0.4) is 0 Å². The van der Waals surface area contributed by atoms with Gasteiger partial charge < -0.3 is 0 Å². The molecule has 0 aromatic rings. The van der Waals surface area contributed by atoms with Crippen molar-refractivity contribution in [2.45, 2.75) is 48.2 Å². The third kappa shape index (κ3) is 1.25. The highest BCUT2D eigenvalue weighted by molar-refractivity contribution is 14.1. The molecule has 11 heavy (non-hydrogen) atoms. The Morgan fingerprint density at radius 3 is 2.73 bits per heavy atom. The van der Waals surface area contributed by atoms with Gasteiger partial charge in [-0.2, -0.15) is 0 Å². The first kappa shape index (κ1) is 8.40. The summed E-state index contributed by atoms with van der Waals surface area (Å²) in [5, 5.41) is 0.730. The topological polar surface area (TPSA) is 0 Å². The molecule has 2 heterocycles. The minimum Gasteiger partial charge on any atom is -0.0880 e. The van der Waals surface area contributed by atoms with Crippen molar-refractivity contribution in [3.05, 3.63) is 0 Å².